The Balaban J connectivity index is 4.02. The highest BCUT2D eigenvalue weighted by Gasteiger charge is 2.13. The number of nitrogens with one attached hydrogen (secondary N) is 1. The minimum Gasteiger partial charge on any atom is -0.313 e. The summed E-state index contributed by atoms with van der Waals surface area (Å²) in [6.07, 6.45) is 5.83. The van der Waals surface area contributed by atoms with E-state index < -0.39 is 9.84 Å². The van der Waals surface area contributed by atoms with Crippen LogP contribution in [0.2, 0.25) is 0 Å². The van der Waals surface area contributed by atoms with E-state index >= 15 is 0 Å². The van der Waals surface area contributed by atoms with Crippen LogP contribution in [-0.4, -0.2) is 33.0 Å². The first-order valence-corrected chi connectivity index (χ1v) is 7.07. The van der Waals surface area contributed by atoms with E-state index in [4.69, 9.17) is 0 Å². The van der Waals surface area contributed by atoms with Crippen molar-refractivity contribution in [1.82, 2.24) is 5.32 Å². The minimum absolute atomic E-state index is 0.0722. The van der Waals surface area contributed by atoms with Crippen LogP contribution in [0.4, 0.5) is 0 Å². The highest BCUT2D eigenvalue weighted by molar-refractivity contribution is 7.90. The normalized spacial score (nSPS) is 13.9. The van der Waals surface area contributed by atoms with Crippen LogP contribution in [0.1, 0.15) is 26.2 Å². The van der Waals surface area contributed by atoms with Crippen LogP contribution >= 0.6 is 0 Å². The molecule has 0 aromatic rings. The van der Waals surface area contributed by atoms with Gasteiger partial charge >= 0.3 is 0 Å². The van der Waals surface area contributed by atoms with Crippen LogP contribution in [0.15, 0.2) is 12.7 Å². The second kappa shape index (κ2) is 7.01. The molecule has 0 aliphatic rings. The van der Waals surface area contributed by atoms with E-state index in [0.29, 0.717) is 0 Å². The summed E-state index contributed by atoms with van der Waals surface area (Å²) in [4.78, 5) is 0. The van der Waals surface area contributed by atoms with Crippen LogP contribution in [0, 0.1) is 0 Å². The molecule has 0 fully saturated rings. The Bertz CT molecular complexity index is 247. The molecule has 14 heavy (non-hydrogen) atoms. The maximum absolute atomic E-state index is 11.1. The van der Waals surface area contributed by atoms with Crippen LogP contribution in [-0.2, 0) is 9.84 Å². The molecule has 1 atom stereocenters. The lowest BCUT2D eigenvalue weighted by Gasteiger charge is -2.16. The lowest BCUT2D eigenvalue weighted by atomic mass is 10.2. The third-order valence-corrected chi connectivity index (χ3v) is 2.91. The first-order valence-electron chi connectivity index (χ1n) is 5.01. The second-order valence-corrected chi connectivity index (χ2v) is 5.79. The van der Waals surface area contributed by atoms with E-state index in [1.54, 1.807) is 0 Å². The predicted molar refractivity (Wildman–Crippen MR) is 61.2 cm³/mol. The highest BCUT2D eigenvalue weighted by Crippen LogP contribution is 2.01. The number of hydrogen-bond acceptors (Lipinski definition) is 3. The van der Waals surface area contributed by atoms with E-state index in [0.717, 1.165) is 25.8 Å². The van der Waals surface area contributed by atoms with Crippen molar-refractivity contribution in [3.8, 4) is 0 Å². The average molecular weight is 219 g/mol. The maximum Gasteiger partial charge on any atom is 0.148 e. The van der Waals surface area contributed by atoms with E-state index in [1.807, 2.05) is 6.08 Å². The molecule has 1 N–H and O–H groups in total. The van der Waals surface area contributed by atoms with Crippen molar-refractivity contribution in [2.45, 2.75) is 32.2 Å². The summed E-state index contributed by atoms with van der Waals surface area (Å²) < 4.78 is 22.2. The summed E-state index contributed by atoms with van der Waals surface area (Å²) in [5.41, 5.74) is 0. The van der Waals surface area contributed by atoms with Crippen molar-refractivity contribution in [2.75, 3.05) is 18.6 Å². The fourth-order valence-electron chi connectivity index (χ4n) is 1.28. The Labute approximate surface area is 87.5 Å². The SMILES string of the molecule is C=CCCC(CS(C)(=O)=O)NCCC. The molecule has 0 spiro atoms. The van der Waals surface area contributed by atoms with Crippen LogP contribution in [0.5, 0.6) is 0 Å². The molecule has 0 aromatic carbocycles. The molecule has 84 valence electrons. The van der Waals surface area contributed by atoms with Gasteiger partial charge in [-0.15, -0.1) is 6.58 Å². The zero-order valence-corrected chi connectivity index (χ0v) is 9.94. The largest absolute Gasteiger partial charge is 0.313 e. The molecule has 0 heterocycles. The monoisotopic (exact) mass is 219 g/mol. The molecular formula is C10H21NO2S. The van der Waals surface area contributed by atoms with Gasteiger partial charge < -0.3 is 5.32 Å². The Kier molecular flexibility index (Phi) is 6.83. The van der Waals surface area contributed by atoms with Gasteiger partial charge in [0.25, 0.3) is 0 Å². The Morgan fingerprint density at radius 3 is 2.57 bits per heavy atom. The lowest BCUT2D eigenvalue weighted by molar-refractivity contribution is 0.509. The zero-order chi connectivity index (χ0) is 11.0. The molecule has 0 radical (unpaired) electrons. The summed E-state index contributed by atoms with van der Waals surface area (Å²) >= 11 is 0. The third kappa shape index (κ3) is 8.26. The minimum atomic E-state index is -2.88. The molecule has 0 aliphatic carbocycles. The van der Waals surface area contributed by atoms with Crippen molar-refractivity contribution >= 4 is 9.84 Å². The lowest BCUT2D eigenvalue weighted by Crippen LogP contribution is -2.35. The molecule has 4 heteroatoms. The van der Waals surface area contributed by atoms with Gasteiger partial charge in [0.2, 0.25) is 0 Å². The Morgan fingerprint density at radius 2 is 2.14 bits per heavy atom. The maximum atomic E-state index is 11.1. The zero-order valence-electron chi connectivity index (χ0n) is 9.12. The highest BCUT2D eigenvalue weighted by atomic mass is 32.2. The van der Waals surface area contributed by atoms with E-state index in [1.165, 1.54) is 6.26 Å². The summed E-state index contributed by atoms with van der Waals surface area (Å²) in [7, 11) is -2.88. The summed E-state index contributed by atoms with van der Waals surface area (Å²) in [6.45, 7) is 6.57. The first-order chi connectivity index (χ1) is 6.49. The summed E-state index contributed by atoms with van der Waals surface area (Å²) in [5, 5.41) is 3.23. The third-order valence-electron chi connectivity index (χ3n) is 1.91. The van der Waals surface area contributed by atoms with Gasteiger partial charge in [-0.05, 0) is 25.8 Å². The van der Waals surface area contributed by atoms with Crippen LogP contribution in [0.25, 0.3) is 0 Å². The molecule has 1 unspecified atom stereocenters. The number of allylic oxidation sites excluding steroid dienone is 1. The fourth-order valence-corrected chi connectivity index (χ4v) is 2.29. The average Bonchev–Trinajstić information content (AvgIpc) is 2.07. The van der Waals surface area contributed by atoms with Crippen molar-refractivity contribution in [3.05, 3.63) is 12.7 Å². The van der Waals surface area contributed by atoms with Crippen molar-refractivity contribution in [1.29, 1.82) is 0 Å². The van der Waals surface area contributed by atoms with Gasteiger partial charge in [-0.2, -0.15) is 0 Å². The molecule has 0 aromatic heterocycles. The molecule has 0 rings (SSSR count). The van der Waals surface area contributed by atoms with Gasteiger partial charge in [-0.25, -0.2) is 8.42 Å². The molecule has 0 saturated heterocycles. The van der Waals surface area contributed by atoms with Gasteiger partial charge in [-0.1, -0.05) is 13.0 Å². The number of hydrogen-bond donors (Lipinski definition) is 1. The van der Waals surface area contributed by atoms with Crippen LogP contribution in [0.3, 0.4) is 0 Å². The standard InChI is InChI=1S/C10H21NO2S/c1-4-6-7-10(11-8-5-2)9-14(3,12)13/h4,10-11H,1,5-9H2,2-3H3. The topological polar surface area (TPSA) is 46.2 Å². The van der Waals surface area contributed by atoms with E-state index in [9.17, 15) is 8.42 Å². The molecule has 3 nitrogen and oxygen atoms in total. The smallest absolute Gasteiger partial charge is 0.148 e. The number of sulfone groups is 1. The number of rotatable bonds is 8. The predicted octanol–water partition coefficient (Wildman–Crippen LogP) is 1.37. The van der Waals surface area contributed by atoms with E-state index in [-0.39, 0.29) is 11.8 Å². The van der Waals surface area contributed by atoms with Gasteiger partial charge in [0.1, 0.15) is 9.84 Å². The molecule has 0 amide bonds. The molecular weight excluding hydrogens is 198 g/mol. The Morgan fingerprint density at radius 1 is 1.50 bits per heavy atom. The first kappa shape index (κ1) is 13.7. The molecule has 0 bridgehead atoms. The summed E-state index contributed by atoms with van der Waals surface area (Å²) in [6, 6.07) is 0.0722. The second-order valence-electron chi connectivity index (χ2n) is 3.61. The van der Waals surface area contributed by atoms with Crippen molar-refractivity contribution in [2.24, 2.45) is 0 Å². The van der Waals surface area contributed by atoms with Crippen molar-refractivity contribution in [3.63, 3.8) is 0 Å². The molecule has 0 aliphatic heterocycles. The fraction of sp³-hybridized carbons (Fsp3) is 0.800. The molecule has 0 saturated carbocycles. The quantitative estimate of drug-likeness (QED) is 0.627. The van der Waals surface area contributed by atoms with Gasteiger partial charge in [0.05, 0.1) is 5.75 Å². The van der Waals surface area contributed by atoms with E-state index in [2.05, 4.69) is 18.8 Å². The van der Waals surface area contributed by atoms with Gasteiger partial charge in [-0.3, -0.25) is 0 Å². The van der Waals surface area contributed by atoms with Gasteiger partial charge in [0.15, 0.2) is 0 Å². The summed E-state index contributed by atoms with van der Waals surface area (Å²) in [5.74, 6) is 0.223. The Hall–Kier alpha value is -0.350. The van der Waals surface area contributed by atoms with Crippen LogP contribution < -0.4 is 5.32 Å². The van der Waals surface area contributed by atoms with Crippen molar-refractivity contribution < 1.29 is 8.42 Å². The van der Waals surface area contributed by atoms with Gasteiger partial charge in [0, 0.05) is 12.3 Å².